The Morgan fingerprint density at radius 3 is 2.28 bits per heavy atom. The molecule has 1 aromatic carbocycles. The molecule has 9 nitrogen and oxygen atoms in total. The van der Waals surface area contributed by atoms with Crippen LogP contribution in [-0.4, -0.2) is 47.3 Å². The second-order valence-electron chi connectivity index (χ2n) is 5.15. The Kier molecular flexibility index (Phi) is 7.23. The molecule has 0 aliphatic rings. The molecule has 1 rings (SSSR count). The molecular weight excluding hydrogens is 349 g/mol. The maximum Gasteiger partial charge on any atom is 0.301 e. The Morgan fingerprint density at radius 2 is 1.80 bits per heavy atom. The van der Waals surface area contributed by atoms with Gasteiger partial charge in [-0.2, -0.15) is 5.10 Å². The minimum atomic E-state index is -2.18. The lowest BCUT2D eigenvalue weighted by molar-refractivity contribution is -0.393. The van der Waals surface area contributed by atoms with Crippen LogP contribution in [0.5, 0.6) is 0 Å². The Labute approximate surface area is 139 Å². The van der Waals surface area contributed by atoms with E-state index in [0.29, 0.717) is 0 Å². The van der Waals surface area contributed by atoms with Gasteiger partial charge in [-0.25, -0.2) is 0 Å². The number of hydrazone groups is 1. The van der Waals surface area contributed by atoms with Crippen LogP contribution in [-0.2, 0) is 0 Å². The van der Waals surface area contributed by atoms with Crippen molar-refractivity contribution in [3.63, 3.8) is 0 Å². The van der Waals surface area contributed by atoms with Crippen molar-refractivity contribution in [2.24, 2.45) is 10.5 Å². The molecule has 12 heteroatoms. The van der Waals surface area contributed by atoms with Gasteiger partial charge in [0.05, 0.1) is 27.4 Å². The number of hydrogen-bond donors (Lipinski definition) is 2. The molecule has 0 heterocycles. The Morgan fingerprint density at radius 1 is 1.20 bits per heavy atom. The highest BCUT2D eigenvalue weighted by molar-refractivity contribution is 5.67. The molecule has 1 aromatic rings. The second-order valence-corrected chi connectivity index (χ2v) is 5.15. The van der Waals surface area contributed by atoms with Crippen LogP contribution in [0.2, 0.25) is 0 Å². The zero-order valence-corrected chi connectivity index (χ0v) is 12.8. The lowest BCUT2D eigenvalue weighted by Crippen LogP contribution is -2.41. The molecule has 0 saturated heterocycles. The lowest BCUT2D eigenvalue weighted by atomic mass is 9.84. The molecule has 1 unspecified atom stereocenters. The van der Waals surface area contributed by atoms with Gasteiger partial charge in [0, 0.05) is 18.7 Å². The fourth-order valence-electron chi connectivity index (χ4n) is 1.77. The van der Waals surface area contributed by atoms with Crippen molar-refractivity contribution in [1.82, 2.24) is 0 Å². The third-order valence-electron chi connectivity index (χ3n) is 3.50. The summed E-state index contributed by atoms with van der Waals surface area (Å²) in [6.45, 7) is -4.22. The molecule has 138 valence electrons. The highest BCUT2D eigenvalue weighted by atomic mass is 19.1. The predicted molar refractivity (Wildman–Crippen MR) is 82.8 cm³/mol. The van der Waals surface area contributed by atoms with Gasteiger partial charge in [0.15, 0.2) is 0 Å². The normalized spacial score (nSPS) is 13.0. The molecule has 0 saturated carbocycles. The number of nitro groups is 2. The number of benzene rings is 1. The van der Waals surface area contributed by atoms with Crippen molar-refractivity contribution in [2.45, 2.75) is 12.5 Å². The maximum absolute atomic E-state index is 12.8. The highest BCUT2D eigenvalue weighted by Crippen LogP contribution is 2.29. The number of anilines is 1. The van der Waals surface area contributed by atoms with Crippen LogP contribution in [0.1, 0.15) is 6.42 Å². The minimum absolute atomic E-state index is 0.172. The summed E-state index contributed by atoms with van der Waals surface area (Å²) < 4.78 is 38.3. The first-order chi connectivity index (χ1) is 11.8. The highest BCUT2D eigenvalue weighted by Gasteiger charge is 2.38. The van der Waals surface area contributed by atoms with Gasteiger partial charge >= 0.3 is 5.69 Å². The first kappa shape index (κ1) is 20.3. The number of aliphatic hydroxyl groups excluding tert-OH is 1. The van der Waals surface area contributed by atoms with Crippen LogP contribution >= 0.6 is 0 Å². The summed E-state index contributed by atoms with van der Waals surface area (Å²) in [7, 11) is 0. The first-order valence-corrected chi connectivity index (χ1v) is 6.87. The minimum Gasteiger partial charge on any atom is -0.392 e. The van der Waals surface area contributed by atoms with E-state index < -0.39 is 59.2 Å². The molecule has 0 aliphatic carbocycles. The fraction of sp³-hybridized carbons (Fsp3) is 0.462. The standard InChI is InChI=1S/C13H15F3N4O5/c14-6-13(7-15,8-16)12(21)3-4-17-18-10-2-1-9(19(22)23)5-11(10)20(24)25/h1-2,4-5,12,18,21H,3,6-8H2/b17-4+. The summed E-state index contributed by atoms with van der Waals surface area (Å²) in [6.07, 6.45) is -1.14. The first-order valence-electron chi connectivity index (χ1n) is 6.87. The van der Waals surface area contributed by atoms with Crippen molar-refractivity contribution in [2.75, 3.05) is 25.4 Å². The van der Waals surface area contributed by atoms with E-state index in [2.05, 4.69) is 10.5 Å². The molecule has 2 N–H and O–H groups in total. The van der Waals surface area contributed by atoms with Crippen molar-refractivity contribution < 1.29 is 28.1 Å². The fourth-order valence-corrected chi connectivity index (χ4v) is 1.77. The Balaban J connectivity index is 2.82. The molecule has 0 fully saturated rings. The number of nitrogens with zero attached hydrogens (tertiary/aromatic N) is 3. The SMILES string of the molecule is O=[N+]([O-])c1ccc(N/N=C/CC(O)C(CF)(CF)CF)c([N+](=O)[O-])c1. The largest absolute Gasteiger partial charge is 0.392 e. The van der Waals surface area contributed by atoms with E-state index >= 15 is 0 Å². The molecule has 0 amide bonds. The van der Waals surface area contributed by atoms with Gasteiger partial charge in [-0.3, -0.25) is 38.8 Å². The smallest absolute Gasteiger partial charge is 0.301 e. The lowest BCUT2D eigenvalue weighted by Gasteiger charge is -2.28. The van der Waals surface area contributed by atoms with Crippen LogP contribution in [0.4, 0.5) is 30.2 Å². The summed E-state index contributed by atoms with van der Waals surface area (Å²) in [5.41, 5.74) is -1.22. The van der Waals surface area contributed by atoms with Crippen molar-refractivity contribution in [3.8, 4) is 0 Å². The van der Waals surface area contributed by atoms with Gasteiger partial charge in [-0.05, 0) is 6.07 Å². The number of rotatable bonds is 10. The number of nitrogens with one attached hydrogen (secondary N) is 1. The van der Waals surface area contributed by atoms with E-state index in [1.165, 1.54) is 0 Å². The number of hydrogen-bond acceptors (Lipinski definition) is 7. The van der Waals surface area contributed by atoms with Crippen molar-refractivity contribution in [1.29, 1.82) is 0 Å². The van der Waals surface area contributed by atoms with E-state index in [1.54, 1.807) is 0 Å². The van der Waals surface area contributed by atoms with Crippen LogP contribution < -0.4 is 5.43 Å². The molecule has 0 bridgehead atoms. The molecule has 1 atom stereocenters. The molecule has 0 aromatic heterocycles. The summed E-state index contributed by atoms with van der Waals surface area (Å²) >= 11 is 0. The average molecular weight is 364 g/mol. The second kappa shape index (κ2) is 8.92. The third-order valence-corrected chi connectivity index (χ3v) is 3.50. The number of alkyl halides is 3. The van der Waals surface area contributed by atoms with Gasteiger partial charge in [0.1, 0.15) is 25.7 Å². The Hall–Kier alpha value is -2.76. The molecule has 0 aliphatic heterocycles. The van der Waals surface area contributed by atoms with E-state index in [-0.39, 0.29) is 5.69 Å². The number of non-ortho nitro benzene ring substituents is 1. The van der Waals surface area contributed by atoms with E-state index in [0.717, 1.165) is 24.4 Å². The zero-order chi connectivity index (χ0) is 19.0. The van der Waals surface area contributed by atoms with Crippen molar-refractivity contribution in [3.05, 3.63) is 38.4 Å². The van der Waals surface area contributed by atoms with E-state index in [1.807, 2.05) is 0 Å². The summed E-state index contributed by atoms with van der Waals surface area (Å²) in [4.78, 5) is 19.9. The molecular formula is C13H15F3N4O5. The van der Waals surface area contributed by atoms with Gasteiger partial charge in [0.2, 0.25) is 0 Å². The predicted octanol–water partition coefficient (Wildman–Crippen LogP) is 2.55. The van der Waals surface area contributed by atoms with E-state index in [4.69, 9.17) is 0 Å². The molecule has 0 radical (unpaired) electrons. The molecule has 25 heavy (non-hydrogen) atoms. The number of halogens is 3. The monoisotopic (exact) mass is 364 g/mol. The summed E-state index contributed by atoms with van der Waals surface area (Å²) in [6, 6.07) is 2.80. The number of nitro benzene ring substituents is 2. The van der Waals surface area contributed by atoms with Crippen LogP contribution in [0.3, 0.4) is 0 Å². The van der Waals surface area contributed by atoms with E-state index in [9.17, 15) is 38.5 Å². The Bertz CT molecular complexity index is 646. The van der Waals surface area contributed by atoms with Crippen molar-refractivity contribution >= 4 is 23.3 Å². The quantitative estimate of drug-likeness (QED) is 0.373. The molecule has 0 spiro atoms. The summed E-state index contributed by atoms with van der Waals surface area (Å²) in [5, 5.41) is 34.7. The van der Waals surface area contributed by atoms with Crippen LogP contribution in [0.15, 0.2) is 23.3 Å². The topological polar surface area (TPSA) is 131 Å². The van der Waals surface area contributed by atoms with Gasteiger partial charge < -0.3 is 5.11 Å². The van der Waals surface area contributed by atoms with Gasteiger partial charge in [-0.15, -0.1) is 0 Å². The van der Waals surface area contributed by atoms with Crippen LogP contribution in [0, 0.1) is 25.6 Å². The average Bonchev–Trinajstić information content (AvgIpc) is 2.60. The summed E-state index contributed by atoms with van der Waals surface area (Å²) in [5.74, 6) is 0. The zero-order valence-electron chi connectivity index (χ0n) is 12.8. The number of aliphatic hydroxyl groups is 1. The van der Waals surface area contributed by atoms with Gasteiger partial charge in [0.25, 0.3) is 5.69 Å². The maximum atomic E-state index is 12.8. The third kappa shape index (κ3) is 4.86. The van der Waals surface area contributed by atoms with Crippen LogP contribution in [0.25, 0.3) is 0 Å². The van der Waals surface area contributed by atoms with Gasteiger partial charge in [-0.1, -0.05) is 0 Å².